The number of rotatable bonds is 2. The van der Waals surface area contributed by atoms with E-state index in [0.717, 1.165) is 0 Å². The lowest BCUT2D eigenvalue weighted by atomic mass is 9.95. The third-order valence-corrected chi connectivity index (χ3v) is 3.34. The van der Waals surface area contributed by atoms with Crippen molar-refractivity contribution in [1.29, 1.82) is 0 Å². The lowest BCUT2D eigenvalue weighted by molar-refractivity contribution is -0.136. The summed E-state index contributed by atoms with van der Waals surface area (Å²) in [5.74, 6) is -0.985. The van der Waals surface area contributed by atoms with Crippen LogP contribution >= 0.6 is 0 Å². The summed E-state index contributed by atoms with van der Waals surface area (Å²) in [5, 5.41) is 2.67. The van der Waals surface area contributed by atoms with E-state index in [9.17, 15) is 14.0 Å². The number of halogens is 1. The second-order valence-corrected chi connectivity index (χ2v) is 4.49. The Morgan fingerprint density at radius 1 is 1.45 bits per heavy atom. The number of carbonyl (C=O) groups is 2. The molecule has 1 heterocycles. The molecule has 6 heteroatoms. The zero-order valence-corrected chi connectivity index (χ0v) is 11.4. The summed E-state index contributed by atoms with van der Waals surface area (Å²) in [6.45, 7) is 1.65. The molecule has 1 aliphatic heterocycles. The first-order chi connectivity index (χ1) is 9.45. The number of allylic oxidation sites excluding steroid dienone is 1. The van der Waals surface area contributed by atoms with Crippen LogP contribution < -0.4 is 5.32 Å². The molecule has 1 aliphatic rings. The van der Waals surface area contributed by atoms with Gasteiger partial charge in [0.1, 0.15) is 5.82 Å². The number of nitrogens with zero attached hydrogens (tertiary/aromatic N) is 1. The van der Waals surface area contributed by atoms with E-state index in [1.54, 1.807) is 20.0 Å². The molecule has 0 aliphatic carbocycles. The minimum Gasteiger partial charge on any atom is -0.466 e. The zero-order valence-electron chi connectivity index (χ0n) is 11.4. The van der Waals surface area contributed by atoms with Gasteiger partial charge < -0.3 is 15.0 Å². The van der Waals surface area contributed by atoms with Crippen LogP contribution in [-0.2, 0) is 9.53 Å². The van der Waals surface area contributed by atoms with E-state index < -0.39 is 17.8 Å². The number of hydrogen-bond acceptors (Lipinski definition) is 3. The summed E-state index contributed by atoms with van der Waals surface area (Å²) in [6, 6.07) is 4.68. The molecule has 1 aromatic rings. The molecule has 5 nitrogen and oxygen atoms in total. The molecule has 1 N–H and O–H groups in total. The van der Waals surface area contributed by atoms with E-state index >= 15 is 0 Å². The average molecular weight is 278 g/mol. The van der Waals surface area contributed by atoms with E-state index in [1.165, 1.54) is 30.2 Å². The van der Waals surface area contributed by atoms with E-state index in [1.807, 2.05) is 0 Å². The predicted octanol–water partition coefficient (Wildman–Crippen LogP) is 1.97. The average Bonchev–Trinajstić information content (AvgIpc) is 2.43. The maximum Gasteiger partial charge on any atom is 0.337 e. The number of esters is 1. The maximum absolute atomic E-state index is 13.3. The first-order valence-corrected chi connectivity index (χ1v) is 6.04. The van der Waals surface area contributed by atoms with Crippen molar-refractivity contribution in [1.82, 2.24) is 10.2 Å². The Morgan fingerprint density at radius 2 is 2.15 bits per heavy atom. The molecule has 1 aromatic carbocycles. The van der Waals surface area contributed by atoms with Crippen molar-refractivity contribution in [3.05, 3.63) is 46.9 Å². The number of benzene rings is 1. The summed E-state index contributed by atoms with van der Waals surface area (Å²) in [6.07, 6.45) is 0. The van der Waals surface area contributed by atoms with Gasteiger partial charge in [-0.3, -0.25) is 0 Å². The number of carbonyl (C=O) groups excluding carboxylic acids is 2. The summed E-state index contributed by atoms with van der Waals surface area (Å²) >= 11 is 0. The van der Waals surface area contributed by atoms with Gasteiger partial charge in [0.05, 0.1) is 18.7 Å². The molecular weight excluding hydrogens is 263 g/mol. The summed E-state index contributed by atoms with van der Waals surface area (Å²) < 4.78 is 18.1. The molecule has 0 fully saturated rings. The minimum atomic E-state index is -0.721. The van der Waals surface area contributed by atoms with Crippen molar-refractivity contribution in [2.24, 2.45) is 0 Å². The predicted molar refractivity (Wildman–Crippen MR) is 70.2 cm³/mol. The Labute approximate surface area is 116 Å². The molecule has 0 bridgehead atoms. The standard InChI is InChI=1S/C14H15FN2O3/c1-8-11(13(18)20-3)12(16-14(19)17(8)2)9-5-4-6-10(15)7-9/h4-7,12H,1-3H3,(H,16,19)/t12-/m1/s1. The Kier molecular flexibility index (Phi) is 3.74. The SMILES string of the molecule is COC(=O)C1=C(C)N(C)C(=O)N[C@@H]1c1cccc(F)c1. The Hall–Kier alpha value is -2.37. The minimum absolute atomic E-state index is 0.292. The number of nitrogens with one attached hydrogen (secondary N) is 1. The summed E-state index contributed by atoms with van der Waals surface area (Å²) in [5.41, 5.74) is 1.27. The van der Waals surface area contributed by atoms with E-state index in [-0.39, 0.29) is 6.03 Å². The summed E-state index contributed by atoms with van der Waals surface area (Å²) in [7, 11) is 2.82. The van der Waals surface area contributed by atoms with Crippen LogP contribution in [0.3, 0.4) is 0 Å². The molecule has 20 heavy (non-hydrogen) atoms. The van der Waals surface area contributed by atoms with Gasteiger partial charge in [-0.2, -0.15) is 0 Å². The van der Waals surface area contributed by atoms with Crippen LogP contribution in [0.1, 0.15) is 18.5 Å². The Bertz CT molecular complexity index is 598. The lowest BCUT2D eigenvalue weighted by Gasteiger charge is -2.33. The van der Waals surface area contributed by atoms with Gasteiger partial charge in [0.2, 0.25) is 0 Å². The smallest absolute Gasteiger partial charge is 0.337 e. The van der Waals surface area contributed by atoms with Crippen molar-refractivity contribution < 1.29 is 18.7 Å². The molecule has 2 rings (SSSR count). The van der Waals surface area contributed by atoms with Crippen molar-refractivity contribution in [3.8, 4) is 0 Å². The van der Waals surface area contributed by atoms with Gasteiger partial charge in [-0.1, -0.05) is 12.1 Å². The summed E-state index contributed by atoms with van der Waals surface area (Å²) in [4.78, 5) is 25.1. The van der Waals surface area contributed by atoms with E-state index in [4.69, 9.17) is 4.74 Å². The highest BCUT2D eigenvalue weighted by Gasteiger charge is 2.34. The number of amides is 2. The third-order valence-electron chi connectivity index (χ3n) is 3.34. The third kappa shape index (κ3) is 2.36. The fraction of sp³-hybridized carbons (Fsp3) is 0.286. The molecule has 2 amide bonds. The molecule has 0 saturated heterocycles. The molecule has 106 valence electrons. The molecule has 0 spiro atoms. The van der Waals surface area contributed by atoms with Crippen LogP contribution in [0.4, 0.5) is 9.18 Å². The van der Waals surface area contributed by atoms with Gasteiger partial charge in [0.25, 0.3) is 0 Å². The van der Waals surface area contributed by atoms with Gasteiger partial charge in [-0.05, 0) is 24.6 Å². The molecule has 0 unspecified atom stereocenters. The zero-order chi connectivity index (χ0) is 14.9. The van der Waals surface area contributed by atoms with Crippen LogP contribution in [0.2, 0.25) is 0 Å². The van der Waals surface area contributed by atoms with Gasteiger partial charge in [-0.25, -0.2) is 14.0 Å². The van der Waals surface area contributed by atoms with Crippen LogP contribution in [0.15, 0.2) is 35.5 Å². The highest BCUT2D eigenvalue weighted by molar-refractivity contribution is 5.94. The van der Waals surface area contributed by atoms with Crippen molar-refractivity contribution in [3.63, 3.8) is 0 Å². The Balaban J connectivity index is 2.55. The number of urea groups is 1. The first kappa shape index (κ1) is 14.0. The number of methoxy groups -OCH3 is 1. The van der Waals surface area contributed by atoms with Gasteiger partial charge in [0.15, 0.2) is 0 Å². The molecule has 1 atom stereocenters. The molecule has 0 aromatic heterocycles. The second-order valence-electron chi connectivity index (χ2n) is 4.49. The normalized spacial score (nSPS) is 18.9. The van der Waals surface area contributed by atoms with E-state index in [2.05, 4.69) is 5.32 Å². The second kappa shape index (κ2) is 5.32. The van der Waals surface area contributed by atoms with Crippen LogP contribution in [0, 0.1) is 5.82 Å². The van der Waals surface area contributed by atoms with Gasteiger partial charge >= 0.3 is 12.0 Å². The number of ether oxygens (including phenoxy) is 1. The van der Waals surface area contributed by atoms with Crippen LogP contribution in [0.25, 0.3) is 0 Å². The number of hydrogen-bond donors (Lipinski definition) is 1. The van der Waals surface area contributed by atoms with Crippen molar-refractivity contribution >= 4 is 12.0 Å². The van der Waals surface area contributed by atoms with E-state index in [0.29, 0.717) is 16.8 Å². The largest absolute Gasteiger partial charge is 0.466 e. The van der Waals surface area contributed by atoms with Gasteiger partial charge in [-0.15, -0.1) is 0 Å². The van der Waals surface area contributed by atoms with Crippen molar-refractivity contribution in [2.45, 2.75) is 13.0 Å². The van der Waals surface area contributed by atoms with Crippen LogP contribution in [0.5, 0.6) is 0 Å². The Morgan fingerprint density at radius 3 is 2.75 bits per heavy atom. The lowest BCUT2D eigenvalue weighted by Crippen LogP contribution is -2.46. The maximum atomic E-state index is 13.3. The van der Waals surface area contributed by atoms with Crippen LogP contribution in [-0.4, -0.2) is 31.1 Å². The van der Waals surface area contributed by atoms with Gasteiger partial charge in [0, 0.05) is 12.7 Å². The fourth-order valence-corrected chi connectivity index (χ4v) is 2.15. The topological polar surface area (TPSA) is 58.6 Å². The highest BCUT2D eigenvalue weighted by atomic mass is 19.1. The molecule has 0 saturated carbocycles. The first-order valence-electron chi connectivity index (χ1n) is 6.04. The quantitative estimate of drug-likeness (QED) is 0.841. The molecular formula is C14H15FN2O3. The monoisotopic (exact) mass is 278 g/mol. The fourth-order valence-electron chi connectivity index (χ4n) is 2.15. The highest BCUT2D eigenvalue weighted by Crippen LogP contribution is 2.30. The molecule has 0 radical (unpaired) electrons. The van der Waals surface area contributed by atoms with Crippen molar-refractivity contribution in [2.75, 3.05) is 14.2 Å².